The molecule has 5 heteroatoms. The molecule has 0 aromatic heterocycles. The molecule has 0 aromatic rings. The first-order valence-corrected chi connectivity index (χ1v) is 7.52. The minimum atomic E-state index is 0.0961. The first-order valence-electron chi connectivity index (χ1n) is 7.52. The van der Waals surface area contributed by atoms with Gasteiger partial charge in [0, 0.05) is 18.9 Å². The van der Waals surface area contributed by atoms with Crippen LogP contribution in [0.1, 0.15) is 27.2 Å². The standard InChI is InChI=1S/C15H31NO4/c1-5-16(4)7-9-19-11-13-20-12-10-18-8-6-15(17)14(2)3/h14H,5-13H2,1-4H3. The highest BCUT2D eigenvalue weighted by Crippen LogP contribution is 1.98. The zero-order valence-electron chi connectivity index (χ0n) is 13.5. The van der Waals surface area contributed by atoms with Crippen LogP contribution >= 0.6 is 0 Å². The van der Waals surface area contributed by atoms with E-state index < -0.39 is 0 Å². The third-order valence-electron chi connectivity index (χ3n) is 3.04. The zero-order chi connectivity index (χ0) is 15.2. The van der Waals surface area contributed by atoms with Crippen LogP contribution in [0.2, 0.25) is 0 Å². The van der Waals surface area contributed by atoms with E-state index in [4.69, 9.17) is 14.2 Å². The van der Waals surface area contributed by atoms with E-state index in [0.29, 0.717) is 39.5 Å². The molecule has 0 bridgehead atoms. The fraction of sp³-hybridized carbons (Fsp3) is 0.933. The zero-order valence-corrected chi connectivity index (χ0v) is 13.5. The summed E-state index contributed by atoms with van der Waals surface area (Å²) >= 11 is 0. The normalized spacial score (nSPS) is 11.5. The highest BCUT2D eigenvalue weighted by Gasteiger charge is 2.05. The van der Waals surface area contributed by atoms with E-state index in [1.165, 1.54) is 0 Å². The number of carbonyl (C=O) groups is 1. The molecule has 0 radical (unpaired) electrons. The lowest BCUT2D eigenvalue weighted by atomic mass is 10.1. The number of rotatable bonds is 14. The lowest BCUT2D eigenvalue weighted by Crippen LogP contribution is -2.23. The molecule has 0 unspecified atom stereocenters. The van der Waals surface area contributed by atoms with Crippen LogP contribution in [0.4, 0.5) is 0 Å². The van der Waals surface area contributed by atoms with Crippen molar-refractivity contribution in [2.75, 3.05) is 59.8 Å². The molecule has 0 aliphatic heterocycles. The molecule has 0 N–H and O–H groups in total. The first kappa shape index (κ1) is 19.5. The molecule has 120 valence electrons. The van der Waals surface area contributed by atoms with Crippen molar-refractivity contribution < 1.29 is 19.0 Å². The van der Waals surface area contributed by atoms with Gasteiger partial charge < -0.3 is 19.1 Å². The largest absolute Gasteiger partial charge is 0.379 e. The second kappa shape index (κ2) is 13.5. The van der Waals surface area contributed by atoms with Gasteiger partial charge in [0.1, 0.15) is 5.78 Å². The molecule has 20 heavy (non-hydrogen) atoms. The van der Waals surface area contributed by atoms with Crippen LogP contribution in [0.15, 0.2) is 0 Å². The van der Waals surface area contributed by atoms with Crippen LogP contribution in [0.5, 0.6) is 0 Å². The van der Waals surface area contributed by atoms with E-state index in [1.54, 1.807) is 0 Å². The van der Waals surface area contributed by atoms with E-state index in [-0.39, 0.29) is 11.7 Å². The van der Waals surface area contributed by atoms with Crippen molar-refractivity contribution in [2.45, 2.75) is 27.2 Å². The van der Waals surface area contributed by atoms with Crippen molar-refractivity contribution in [3.05, 3.63) is 0 Å². The summed E-state index contributed by atoms with van der Waals surface area (Å²) in [6, 6.07) is 0. The number of likely N-dealkylation sites (N-methyl/N-ethyl adjacent to an activating group) is 1. The lowest BCUT2D eigenvalue weighted by molar-refractivity contribution is -0.123. The highest BCUT2D eigenvalue weighted by molar-refractivity contribution is 5.80. The van der Waals surface area contributed by atoms with E-state index in [0.717, 1.165) is 19.7 Å². The molecule has 0 heterocycles. The highest BCUT2D eigenvalue weighted by atomic mass is 16.5. The fourth-order valence-electron chi connectivity index (χ4n) is 1.38. The average molecular weight is 289 g/mol. The van der Waals surface area contributed by atoms with Crippen molar-refractivity contribution >= 4 is 5.78 Å². The van der Waals surface area contributed by atoms with Gasteiger partial charge in [0.15, 0.2) is 0 Å². The van der Waals surface area contributed by atoms with Gasteiger partial charge in [0.2, 0.25) is 0 Å². The molecule has 0 aliphatic carbocycles. The van der Waals surface area contributed by atoms with E-state index in [2.05, 4.69) is 18.9 Å². The van der Waals surface area contributed by atoms with E-state index >= 15 is 0 Å². The fourth-order valence-corrected chi connectivity index (χ4v) is 1.38. The Morgan fingerprint density at radius 2 is 1.45 bits per heavy atom. The second-order valence-electron chi connectivity index (χ2n) is 5.10. The van der Waals surface area contributed by atoms with Crippen LogP contribution in [-0.4, -0.2) is 70.5 Å². The molecule has 0 saturated carbocycles. The molecule has 5 nitrogen and oxygen atoms in total. The van der Waals surface area contributed by atoms with Crippen molar-refractivity contribution in [3.63, 3.8) is 0 Å². The molecule has 0 amide bonds. The van der Waals surface area contributed by atoms with Gasteiger partial charge in [0.05, 0.1) is 39.6 Å². The van der Waals surface area contributed by atoms with Crippen LogP contribution in [0, 0.1) is 5.92 Å². The summed E-state index contributed by atoms with van der Waals surface area (Å²) in [6.45, 7) is 11.4. The minimum Gasteiger partial charge on any atom is -0.379 e. The lowest BCUT2D eigenvalue weighted by Gasteiger charge is -2.13. The third-order valence-corrected chi connectivity index (χ3v) is 3.04. The number of hydrogen-bond acceptors (Lipinski definition) is 5. The Morgan fingerprint density at radius 3 is 1.95 bits per heavy atom. The summed E-state index contributed by atoms with van der Waals surface area (Å²) in [4.78, 5) is 13.5. The van der Waals surface area contributed by atoms with Gasteiger partial charge in [-0.3, -0.25) is 4.79 Å². The quantitative estimate of drug-likeness (QED) is 0.455. The summed E-state index contributed by atoms with van der Waals surface area (Å²) < 4.78 is 16.1. The summed E-state index contributed by atoms with van der Waals surface area (Å²) in [5.74, 6) is 0.343. The van der Waals surface area contributed by atoms with Crippen molar-refractivity contribution in [3.8, 4) is 0 Å². The Labute approximate surface area is 123 Å². The summed E-state index contributed by atoms with van der Waals surface area (Å²) in [5.41, 5.74) is 0. The maximum Gasteiger partial charge on any atom is 0.137 e. The maximum atomic E-state index is 11.3. The number of Topliss-reactive ketones (excluding diaryl/α,β-unsaturated/α-hetero) is 1. The van der Waals surface area contributed by atoms with Gasteiger partial charge in [-0.1, -0.05) is 20.8 Å². The summed E-state index contributed by atoms with van der Waals surface area (Å²) in [5, 5.41) is 0. The van der Waals surface area contributed by atoms with E-state index in [1.807, 2.05) is 13.8 Å². The van der Waals surface area contributed by atoms with Crippen molar-refractivity contribution in [1.82, 2.24) is 4.90 Å². The van der Waals surface area contributed by atoms with E-state index in [9.17, 15) is 4.79 Å². The van der Waals surface area contributed by atoms with Gasteiger partial charge in [-0.05, 0) is 13.6 Å². The number of ether oxygens (including phenoxy) is 3. The van der Waals surface area contributed by atoms with Gasteiger partial charge in [-0.15, -0.1) is 0 Å². The Hall–Kier alpha value is -0.490. The molecule has 0 aromatic carbocycles. The van der Waals surface area contributed by atoms with Crippen molar-refractivity contribution in [2.24, 2.45) is 5.92 Å². The van der Waals surface area contributed by atoms with Gasteiger partial charge in [0.25, 0.3) is 0 Å². The van der Waals surface area contributed by atoms with Gasteiger partial charge in [-0.2, -0.15) is 0 Å². The maximum absolute atomic E-state index is 11.3. The Kier molecular flexibility index (Phi) is 13.2. The molecule has 0 aliphatic rings. The predicted octanol–water partition coefficient (Wildman–Crippen LogP) is 1.60. The topological polar surface area (TPSA) is 48.0 Å². The number of hydrogen-bond donors (Lipinski definition) is 0. The number of nitrogens with zero attached hydrogens (tertiary/aromatic N) is 1. The first-order chi connectivity index (χ1) is 9.57. The van der Waals surface area contributed by atoms with Crippen LogP contribution in [0.25, 0.3) is 0 Å². The van der Waals surface area contributed by atoms with Crippen molar-refractivity contribution in [1.29, 1.82) is 0 Å². The Bertz CT molecular complexity index is 234. The molecule has 0 spiro atoms. The molecule has 0 fully saturated rings. The Morgan fingerprint density at radius 1 is 0.950 bits per heavy atom. The molecular formula is C15H31NO4. The number of ketones is 1. The van der Waals surface area contributed by atoms with Crippen LogP contribution in [-0.2, 0) is 19.0 Å². The van der Waals surface area contributed by atoms with Gasteiger partial charge >= 0.3 is 0 Å². The smallest absolute Gasteiger partial charge is 0.137 e. The monoisotopic (exact) mass is 289 g/mol. The Balaban J connectivity index is 3.12. The molecule has 0 atom stereocenters. The summed E-state index contributed by atoms with van der Waals surface area (Å²) in [6.07, 6.45) is 0.492. The predicted molar refractivity (Wildman–Crippen MR) is 80.1 cm³/mol. The van der Waals surface area contributed by atoms with Gasteiger partial charge in [-0.25, -0.2) is 0 Å². The van der Waals surface area contributed by atoms with Crippen LogP contribution < -0.4 is 0 Å². The summed E-state index contributed by atoms with van der Waals surface area (Å²) in [7, 11) is 2.07. The average Bonchev–Trinajstić information content (AvgIpc) is 2.43. The second-order valence-corrected chi connectivity index (χ2v) is 5.10. The molecular weight excluding hydrogens is 258 g/mol. The minimum absolute atomic E-state index is 0.0961. The van der Waals surface area contributed by atoms with Crippen LogP contribution in [0.3, 0.4) is 0 Å². The molecule has 0 rings (SSSR count). The molecule has 0 saturated heterocycles. The third kappa shape index (κ3) is 12.5. The SMILES string of the molecule is CCN(C)CCOCCOCCOCCC(=O)C(C)C. The number of carbonyl (C=O) groups excluding carboxylic acids is 1.